The van der Waals surface area contributed by atoms with Gasteiger partial charge in [-0.3, -0.25) is 4.90 Å². The Kier molecular flexibility index (Phi) is 5.75. The minimum Gasteiger partial charge on any atom is -0.377 e. The van der Waals surface area contributed by atoms with Gasteiger partial charge < -0.3 is 10.1 Å². The summed E-state index contributed by atoms with van der Waals surface area (Å²) >= 11 is 0. The van der Waals surface area contributed by atoms with Gasteiger partial charge in [0.05, 0.1) is 6.10 Å². The van der Waals surface area contributed by atoms with Crippen molar-refractivity contribution in [1.82, 2.24) is 10.2 Å². The van der Waals surface area contributed by atoms with E-state index in [1.807, 2.05) is 0 Å². The zero-order valence-corrected chi connectivity index (χ0v) is 11.3. The smallest absolute Gasteiger partial charge is 0.0702 e. The van der Waals surface area contributed by atoms with Crippen molar-refractivity contribution in [3.63, 3.8) is 0 Å². The lowest BCUT2D eigenvalue weighted by molar-refractivity contribution is -0.0128. The second kappa shape index (κ2) is 7.34. The van der Waals surface area contributed by atoms with Crippen molar-refractivity contribution in [2.45, 2.75) is 57.6 Å². The maximum Gasteiger partial charge on any atom is 0.0702 e. The molecule has 2 aliphatic heterocycles. The Bertz CT molecular complexity index is 202. The van der Waals surface area contributed by atoms with Crippen LogP contribution in [-0.4, -0.2) is 49.8 Å². The number of hydrogen-bond donors (Lipinski definition) is 1. The average molecular weight is 240 g/mol. The predicted octanol–water partition coefficient (Wildman–Crippen LogP) is 2.02. The summed E-state index contributed by atoms with van der Waals surface area (Å²) in [6, 6.07) is 0.755. The molecule has 0 spiro atoms. The summed E-state index contributed by atoms with van der Waals surface area (Å²) in [5, 5.41) is 3.57. The summed E-state index contributed by atoms with van der Waals surface area (Å²) in [4.78, 5) is 2.67. The molecule has 3 nitrogen and oxygen atoms in total. The first kappa shape index (κ1) is 13.3. The Morgan fingerprint density at radius 3 is 3.06 bits per heavy atom. The largest absolute Gasteiger partial charge is 0.377 e. The van der Waals surface area contributed by atoms with Crippen molar-refractivity contribution in [1.29, 1.82) is 0 Å². The van der Waals surface area contributed by atoms with Gasteiger partial charge in [0.2, 0.25) is 0 Å². The van der Waals surface area contributed by atoms with Crippen LogP contribution in [0.15, 0.2) is 0 Å². The summed E-state index contributed by atoms with van der Waals surface area (Å²) in [5.74, 6) is 0. The molecule has 2 unspecified atom stereocenters. The van der Waals surface area contributed by atoms with Gasteiger partial charge in [0.1, 0.15) is 0 Å². The zero-order valence-electron chi connectivity index (χ0n) is 11.3. The minimum absolute atomic E-state index is 0.493. The molecule has 0 bridgehead atoms. The van der Waals surface area contributed by atoms with E-state index in [2.05, 4.69) is 17.1 Å². The van der Waals surface area contributed by atoms with Gasteiger partial charge in [-0.2, -0.15) is 0 Å². The molecule has 2 saturated heterocycles. The highest BCUT2D eigenvalue weighted by atomic mass is 16.5. The molecule has 100 valence electrons. The van der Waals surface area contributed by atoms with E-state index in [1.165, 1.54) is 51.7 Å². The maximum atomic E-state index is 5.92. The van der Waals surface area contributed by atoms with Crippen LogP contribution >= 0.6 is 0 Å². The molecule has 17 heavy (non-hydrogen) atoms. The molecule has 3 heteroatoms. The summed E-state index contributed by atoms with van der Waals surface area (Å²) in [6.07, 6.45) is 8.30. The number of rotatable bonds is 4. The number of nitrogens with one attached hydrogen (secondary N) is 1. The fourth-order valence-electron chi connectivity index (χ4n) is 3.03. The first-order valence-corrected chi connectivity index (χ1v) is 7.46. The number of piperidine rings is 1. The first-order chi connectivity index (χ1) is 8.40. The minimum atomic E-state index is 0.493. The van der Waals surface area contributed by atoms with Gasteiger partial charge in [0, 0.05) is 25.7 Å². The number of nitrogens with zero attached hydrogens (tertiary/aromatic N) is 1. The molecule has 0 aromatic heterocycles. The quantitative estimate of drug-likeness (QED) is 0.813. The molecular weight excluding hydrogens is 212 g/mol. The Labute approximate surface area is 106 Å². The standard InChI is InChI=1S/C14H28N2O/c1-2-10-17-14-7-5-9-16(12-14)13-6-3-4-8-15-11-13/h13-15H,2-12H2,1H3. The average Bonchev–Trinajstić information content (AvgIpc) is 2.65. The van der Waals surface area contributed by atoms with Gasteiger partial charge in [-0.15, -0.1) is 0 Å². The summed E-state index contributed by atoms with van der Waals surface area (Å²) < 4.78 is 5.92. The third kappa shape index (κ3) is 4.23. The summed E-state index contributed by atoms with van der Waals surface area (Å²) in [6.45, 7) is 7.95. The van der Waals surface area contributed by atoms with E-state index in [9.17, 15) is 0 Å². The lowest BCUT2D eigenvalue weighted by Gasteiger charge is -2.37. The zero-order chi connectivity index (χ0) is 11.9. The van der Waals surface area contributed by atoms with Crippen LogP contribution in [0.25, 0.3) is 0 Å². The van der Waals surface area contributed by atoms with Crippen molar-refractivity contribution in [2.75, 3.05) is 32.8 Å². The number of hydrogen-bond acceptors (Lipinski definition) is 3. The molecule has 0 amide bonds. The molecule has 1 N–H and O–H groups in total. The molecule has 2 aliphatic rings. The molecule has 2 fully saturated rings. The first-order valence-electron chi connectivity index (χ1n) is 7.46. The van der Waals surface area contributed by atoms with Gasteiger partial charge in [-0.1, -0.05) is 13.3 Å². The van der Waals surface area contributed by atoms with E-state index in [4.69, 9.17) is 4.74 Å². The van der Waals surface area contributed by atoms with Gasteiger partial charge in [-0.05, 0) is 45.2 Å². The third-order valence-electron chi connectivity index (χ3n) is 4.00. The lowest BCUT2D eigenvalue weighted by atomic mass is 10.0. The van der Waals surface area contributed by atoms with E-state index in [1.54, 1.807) is 0 Å². The molecule has 0 aliphatic carbocycles. The van der Waals surface area contributed by atoms with Crippen LogP contribution in [-0.2, 0) is 4.74 Å². The topological polar surface area (TPSA) is 24.5 Å². The van der Waals surface area contributed by atoms with Crippen molar-refractivity contribution in [3.8, 4) is 0 Å². The molecule has 0 saturated carbocycles. The van der Waals surface area contributed by atoms with Crippen LogP contribution < -0.4 is 5.32 Å². The van der Waals surface area contributed by atoms with Gasteiger partial charge in [-0.25, -0.2) is 0 Å². The normalized spacial score (nSPS) is 32.3. The second-order valence-corrected chi connectivity index (χ2v) is 5.48. The monoisotopic (exact) mass is 240 g/mol. The van der Waals surface area contributed by atoms with E-state index in [0.717, 1.165) is 25.6 Å². The Balaban J connectivity index is 1.78. The van der Waals surface area contributed by atoms with Crippen molar-refractivity contribution >= 4 is 0 Å². The van der Waals surface area contributed by atoms with Gasteiger partial charge in [0.15, 0.2) is 0 Å². The lowest BCUT2D eigenvalue weighted by Crippen LogP contribution is -2.48. The molecular formula is C14H28N2O. The SMILES string of the molecule is CCCOC1CCCN(C2CCCCNC2)C1. The Hall–Kier alpha value is -0.120. The highest BCUT2D eigenvalue weighted by molar-refractivity contribution is 4.82. The second-order valence-electron chi connectivity index (χ2n) is 5.48. The summed E-state index contributed by atoms with van der Waals surface area (Å²) in [7, 11) is 0. The van der Waals surface area contributed by atoms with E-state index in [-0.39, 0.29) is 0 Å². The molecule has 2 rings (SSSR count). The molecule has 0 aromatic carbocycles. The fourth-order valence-corrected chi connectivity index (χ4v) is 3.03. The van der Waals surface area contributed by atoms with Crippen LogP contribution in [0.2, 0.25) is 0 Å². The van der Waals surface area contributed by atoms with E-state index in [0.29, 0.717) is 6.10 Å². The Morgan fingerprint density at radius 2 is 2.18 bits per heavy atom. The van der Waals surface area contributed by atoms with E-state index < -0.39 is 0 Å². The highest BCUT2D eigenvalue weighted by Crippen LogP contribution is 2.19. The van der Waals surface area contributed by atoms with Crippen LogP contribution in [0.4, 0.5) is 0 Å². The Morgan fingerprint density at radius 1 is 1.24 bits per heavy atom. The van der Waals surface area contributed by atoms with Crippen molar-refractivity contribution in [2.24, 2.45) is 0 Å². The van der Waals surface area contributed by atoms with Gasteiger partial charge >= 0.3 is 0 Å². The van der Waals surface area contributed by atoms with Crippen molar-refractivity contribution < 1.29 is 4.74 Å². The maximum absolute atomic E-state index is 5.92. The van der Waals surface area contributed by atoms with Crippen LogP contribution in [0, 0.1) is 0 Å². The highest BCUT2D eigenvalue weighted by Gasteiger charge is 2.26. The number of likely N-dealkylation sites (tertiary alicyclic amines) is 1. The molecule has 2 heterocycles. The van der Waals surface area contributed by atoms with Crippen LogP contribution in [0.3, 0.4) is 0 Å². The molecule has 2 atom stereocenters. The molecule has 0 aromatic rings. The fraction of sp³-hybridized carbons (Fsp3) is 1.00. The third-order valence-corrected chi connectivity index (χ3v) is 4.00. The van der Waals surface area contributed by atoms with Crippen molar-refractivity contribution in [3.05, 3.63) is 0 Å². The van der Waals surface area contributed by atoms with Gasteiger partial charge in [0.25, 0.3) is 0 Å². The predicted molar refractivity (Wildman–Crippen MR) is 71.3 cm³/mol. The van der Waals surface area contributed by atoms with E-state index >= 15 is 0 Å². The van der Waals surface area contributed by atoms with Crippen LogP contribution in [0.1, 0.15) is 45.4 Å². The summed E-state index contributed by atoms with van der Waals surface area (Å²) in [5.41, 5.74) is 0. The van der Waals surface area contributed by atoms with Crippen LogP contribution in [0.5, 0.6) is 0 Å². The number of ether oxygens (including phenoxy) is 1. The molecule has 0 radical (unpaired) electrons.